The van der Waals surface area contributed by atoms with Crippen LogP contribution in [0.5, 0.6) is 0 Å². The van der Waals surface area contributed by atoms with E-state index in [2.05, 4.69) is 5.32 Å². The van der Waals surface area contributed by atoms with Gasteiger partial charge in [-0.1, -0.05) is 6.07 Å². The van der Waals surface area contributed by atoms with Gasteiger partial charge >= 0.3 is 0 Å². The number of nitrogens with one attached hydrogen (secondary N) is 1. The van der Waals surface area contributed by atoms with Gasteiger partial charge in [-0.2, -0.15) is 5.26 Å². The Hall–Kier alpha value is -1.93. The van der Waals surface area contributed by atoms with Crippen LogP contribution in [-0.4, -0.2) is 30.4 Å². The van der Waals surface area contributed by atoms with Crippen molar-refractivity contribution in [1.82, 2.24) is 10.2 Å². The van der Waals surface area contributed by atoms with Crippen LogP contribution in [0.4, 0.5) is 4.39 Å². The van der Waals surface area contributed by atoms with E-state index in [0.717, 1.165) is 19.4 Å². The molecule has 1 aliphatic rings. The van der Waals surface area contributed by atoms with Gasteiger partial charge in [0.1, 0.15) is 5.82 Å². The van der Waals surface area contributed by atoms with Gasteiger partial charge < -0.3 is 10.2 Å². The van der Waals surface area contributed by atoms with E-state index < -0.39 is 5.82 Å². The second kappa shape index (κ2) is 7.19. The van der Waals surface area contributed by atoms with Crippen LogP contribution in [0.1, 0.15) is 30.9 Å². The van der Waals surface area contributed by atoms with E-state index in [9.17, 15) is 9.18 Å². The molecule has 21 heavy (non-hydrogen) atoms. The zero-order valence-electron chi connectivity index (χ0n) is 12.2. The number of carbonyl (C=O) groups excluding carboxylic acids is 1. The highest BCUT2D eigenvalue weighted by molar-refractivity contribution is 5.79. The average molecular weight is 289 g/mol. The number of benzene rings is 1. The number of hydrogen-bond acceptors (Lipinski definition) is 3. The number of nitrogens with zero attached hydrogens (tertiary/aromatic N) is 2. The Morgan fingerprint density at radius 3 is 2.95 bits per heavy atom. The third kappa shape index (κ3) is 3.79. The zero-order valence-corrected chi connectivity index (χ0v) is 12.2. The first kappa shape index (κ1) is 15.5. The van der Waals surface area contributed by atoms with Crippen molar-refractivity contribution in [2.75, 3.05) is 19.6 Å². The largest absolute Gasteiger partial charge is 0.338 e. The van der Waals surface area contributed by atoms with Crippen molar-refractivity contribution in [2.24, 2.45) is 5.92 Å². The Morgan fingerprint density at radius 1 is 1.57 bits per heavy atom. The summed E-state index contributed by atoms with van der Waals surface area (Å²) in [5, 5.41) is 12.0. The number of piperidine rings is 1. The molecule has 0 saturated carbocycles. The summed E-state index contributed by atoms with van der Waals surface area (Å²) in [6.07, 6.45) is 1.89. The smallest absolute Gasteiger partial charge is 0.227 e. The molecule has 1 fully saturated rings. The fourth-order valence-electron chi connectivity index (χ4n) is 2.62. The van der Waals surface area contributed by atoms with Crippen molar-refractivity contribution in [3.05, 3.63) is 35.1 Å². The van der Waals surface area contributed by atoms with Crippen LogP contribution in [0, 0.1) is 23.1 Å². The fourth-order valence-corrected chi connectivity index (χ4v) is 2.62. The highest BCUT2D eigenvalue weighted by Gasteiger charge is 2.25. The molecule has 1 aromatic carbocycles. The highest BCUT2D eigenvalue weighted by Crippen LogP contribution is 2.17. The Morgan fingerprint density at radius 2 is 2.38 bits per heavy atom. The van der Waals surface area contributed by atoms with E-state index in [0.29, 0.717) is 24.2 Å². The maximum atomic E-state index is 13.9. The van der Waals surface area contributed by atoms with Gasteiger partial charge in [-0.15, -0.1) is 0 Å². The SMILES string of the molecule is CCN(Cc1ccc(C#N)cc1F)C(=O)C1CCCNC1. The maximum absolute atomic E-state index is 13.9. The second-order valence-corrected chi connectivity index (χ2v) is 5.31. The lowest BCUT2D eigenvalue weighted by atomic mass is 9.98. The molecule has 0 bridgehead atoms. The lowest BCUT2D eigenvalue weighted by molar-refractivity contribution is -0.136. The first-order valence-corrected chi connectivity index (χ1v) is 7.33. The van der Waals surface area contributed by atoms with Crippen molar-refractivity contribution >= 4 is 5.91 Å². The molecule has 1 aromatic rings. The van der Waals surface area contributed by atoms with Crippen LogP contribution in [0.15, 0.2) is 18.2 Å². The van der Waals surface area contributed by atoms with Gasteiger partial charge in [0.25, 0.3) is 0 Å². The van der Waals surface area contributed by atoms with E-state index in [1.165, 1.54) is 6.07 Å². The van der Waals surface area contributed by atoms with Crippen molar-refractivity contribution < 1.29 is 9.18 Å². The van der Waals surface area contributed by atoms with Gasteiger partial charge in [0.2, 0.25) is 5.91 Å². The van der Waals surface area contributed by atoms with Gasteiger partial charge in [0.05, 0.1) is 17.6 Å². The standard InChI is InChI=1S/C16H20FN3O/c1-2-20(16(21)13-4-3-7-19-10-13)11-14-6-5-12(9-18)8-15(14)17/h5-6,8,13,19H,2-4,7,10-11H2,1H3. The molecule has 2 rings (SSSR count). The van der Waals surface area contributed by atoms with Crippen molar-refractivity contribution in [3.63, 3.8) is 0 Å². The van der Waals surface area contributed by atoms with Gasteiger partial charge in [-0.3, -0.25) is 4.79 Å². The lowest BCUT2D eigenvalue weighted by Crippen LogP contribution is -2.42. The summed E-state index contributed by atoms with van der Waals surface area (Å²) in [5.41, 5.74) is 0.745. The topological polar surface area (TPSA) is 56.1 Å². The molecule has 4 nitrogen and oxygen atoms in total. The highest BCUT2D eigenvalue weighted by atomic mass is 19.1. The molecule has 1 saturated heterocycles. The molecule has 1 amide bonds. The third-order valence-electron chi connectivity index (χ3n) is 3.88. The molecule has 112 valence electrons. The number of rotatable bonds is 4. The number of nitriles is 1. The van der Waals surface area contributed by atoms with Crippen molar-refractivity contribution in [2.45, 2.75) is 26.3 Å². The molecule has 1 unspecified atom stereocenters. The minimum Gasteiger partial charge on any atom is -0.338 e. The Balaban J connectivity index is 2.08. The maximum Gasteiger partial charge on any atom is 0.227 e. The molecule has 1 atom stereocenters. The number of halogens is 1. The predicted octanol–water partition coefficient (Wildman–Crippen LogP) is 2.05. The van der Waals surface area contributed by atoms with Crippen molar-refractivity contribution in [1.29, 1.82) is 5.26 Å². The summed E-state index contributed by atoms with van der Waals surface area (Å²) in [6.45, 7) is 4.36. The van der Waals surface area contributed by atoms with E-state index in [1.807, 2.05) is 13.0 Å². The zero-order chi connectivity index (χ0) is 15.2. The summed E-state index contributed by atoms with van der Waals surface area (Å²) in [7, 11) is 0. The summed E-state index contributed by atoms with van der Waals surface area (Å²) >= 11 is 0. The summed E-state index contributed by atoms with van der Waals surface area (Å²) in [6, 6.07) is 6.29. The first-order valence-electron chi connectivity index (χ1n) is 7.33. The predicted molar refractivity (Wildman–Crippen MR) is 77.8 cm³/mol. The minimum atomic E-state index is -0.429. The molecular weight excluding hydrogens is 269 g/mol. The molecule has 1 heterocycles. The molecule has 1 aliphatic heterocycles. The van der Waals surface area contributed by atoms with Crippen LogP contribution < -0.4 is 5.32 Å². The van der Waals surface area contributed by atoms with Crippen LogP contribution in [-0.2, 0) is 11.3 Å². The number of hydrogen-bond donors (Lipinski definition) is 1. The summed E-state index contributed by atoms with van der Waals surface area (Å²) in [4.78, 5) is 14.2. The molecule has 0 aliphatic carbocycles. The van der Waals surface area contributed by atoms with Crippen LogP contribution >= 0.6 is 0 Å². The van der Waals surface area contributed by atoms with Gasteiger partial charge in [-0.05, 0) is 38.4 Å². The number of amides is 1. The van der Waals surface area contributed by atoms with E-state index in [-0.39, 0.29) is 18.4 Å². The summed E-state index contributed by atoms with van der Waals surface area (Å²) < 4.78 is 13.9. The van der Waals surface area contributed by atoms with Gasteiger partial charge in [0.15, 0.2) is 0 Å². The first-order chi connectivity index (χ1) is 10.2. The third-order valence-corrected chi connectivity index (χ3v) is 3.88. The van der Waals surface area contributed by atoms with Crippen LogP contribution in [0.3, 0.4) is 0 Å². The average Bonchev–Trinajstić information content (AvgIpc) is 2.54. The quantitative estimate of drug-likeness (QED) is 0.923. The lowest BCUT2D eigenvalue weighted by Gasteiger charge is -2.29. The van der Waals surface area contributed by atoms with E-state index in [1.54, 1.807) is 17.0 Å². The normalized spacial score (nSPS) is 18.0. The minimum absolute atomic E-state index is 0.0138. The summed E-state index contributed by atoms with van der Waals surface area (Å²) in [5.74, 6) is -0.365. The molecule has 0 spiro atoms. The molecule has 1 N–H and O–H groups in total. The van der Waals surface area contributed by atoms with Crippen molar-refractivity contribution in [3.8, 4) is 6.07 Å². The molecule has 0 radical (unpaired) electrons. The molecule has 0 aromatic heterocycles. The van der Waals surface area contributed by atoms with E-state index >= 15 is 0 Å². The van der Waals surface area contributed by atoms with Gasteiger partial charge in [0, 0.05) is 25.2 Å². The Labute approximate surface area is 124 Å². The Kier molecular flexibility index (Phi) is 5.29. The Bertz CT molecular complexity index is 547. The van der Waals surface area contributed by atoms with Crippen LogP contribution in [0.25, 0.3) is 0 Å². The van der Waals surface area contributed by atoms with E-state index in [4.69, 9.17) is 5.26 Å². The molecular formula is C16H20FN3O. The monoisotopic (exact) mass is 289 g/mol. The number of carbonyl (C=O) groups is 1. The fraction of sp³-hybridized carbons (Fsp3) is 0.500. The second-order valence-electron chi connectivity index (χ2n) is 5.31. The van der Waals surface area contributed by atoms with Crippen LogP contribution in [0.2, 0.25) is 0 Å². The molecule has 5 heteroatoms. The van der Waals surface area contributed by atoms with Gasteiger partial charge in [-0.25, -0.2) is 4.39 Å².